The number of carbonyl (C=O) groups is 1. The van der Waals surface area contributed by atoms with Gasteiger partial charge in [-0.15, -0.1) is 10.2 Å². The van der Waals surface area contributed by atoms with Crippen molar-refractivity contribution in [1.82, 2.24) is 10.2 Å². The van der Waals surface area contributed by atoms with E-state index in [-0.39, 0.29) is 12.5 Å². The van der Waals surface area contributed by atoms with Gasteiger partial charge in [-0.2, -0.15) is 0 Å². The Morgan fingerprint density at radius 1 is 1.04 bits per heavy atom. The highest BCUT2D eigenvalue weighted by Gasteiger charge is 2.06. The van der Waals surface area contributed by atoms with Gasteiger partial charge in [0.2, 0.25) is 11.8 Å². The van der Waals surface area contributed by atoms with Crippen molar-refractivity contribution >= 4 is 11.6 Å². The molecule has 1 heterocycles. The average Bonchev–Trinajstić information content (AvgIpc) is 3.01. The van der Waals surface area contributed by atoms with Crippen LogP contribution in [-0.2, 0) is 11.2 Å². The van der Waals surface area contributed by atoms with E-state index in [2.05, 4.69) is 15.5 Å². The van der Waals surface area contributed by atoms with Crippen molar-refractivity contribution in [2.75, 3.05) is 11.9 Å². The molecule has 3 aromatic rings. The van der Waals surface area contributed by atoms with E-state index in [1.165, 1.54) is 0 Å². The topological polar surface area (TPSA) is 77.2 Å². The normalized spacial score (nSPS) is 10.5. The summed E-state index contributed by atoms with van der Waals surface area (Å²) in [5.74, 6) is 1.58. The van der Waals surface area contributed by atoms with Crippen molar-refractivity contribution in [3.63, 3.8) is 0 Å². The predicted molar refractivity (Wildman–Crippen MR) is 93.6 cm³/mol. The number of nitrogens with zero attached hydrogens (tertiary/aromatic N) is 2. The van der Waals surface area contributed by atoms with Crippen molar-refractivity contribution in [3.8, 4) is 5.75 Å². The molecule has 6 heteroatoms. The summed E-state index contributed by atoms with van der Waals surface area (Å²) in [4.78, 5) is 12.0. The molecule has 1 aromatic heterocycles. The average molecular weight is 337 g/mol. The molecule has 128 valence electrons. The molecule has 0 spiro atoms. The maximum absolute atomic E-state index is 12.0. The van der Waals surface area contributed by atoms with Gasteiger partial charge in [0.15, 0.2) is 6.61 Å². The Balaban J connectivity index is 1.50. The van der Waals surface area contributed by atoms with Gasteiger partial charge in [-0.25, -0.2) is 0 Å². The molecule has 0 aliphatic carbocycles. The number of aromatic nitrogens is 2. The van der Waals surface area contributed by atoms with Crippen LogP contribution >= 0.6 is 0 Å². The quantitative estimate of drug-likeness (QED) is 0.747. The number of nitrogens with one attached hydrogen (secondary N) is 1. The van der Waals surface area contributed by atoms with Crippen LogP contribution in [0.25, 0.3) is 0 Å². The molecule has 0 saturated heterocycles. The third-order valence-corrected chi connectivity index (χ3v) is 3.55. The van der Waals surface area contributed by atoms with E-state index < -0.39 is 0 Å². The Morgan fingerprint density at radius 3 is 2.40 bits per heavy atom. The van der Waals surface area contributed by atoms with Crippen molar-refractivity contribution in [3.05, 3.63) is 71.4 Å². The number of carbonyl (C=O) groups excluding carboxylic acids is 1. The lowest BCUT2D eigenvalue weighted by molar-refractivity contribution is -0.118. The van der Waals surface area contributed by atoms with Crippen LogP contribution in [-0.4, -0.2) is 22.7 Å². The molecule has 0 fully saturated rings. The number of benzene rings is 2. The highest BCUT2D eigenvalue weighted by molar-refractivity contribution is 5.91. The molecule has 1 N–H and O–H groups in total. The first-order chi connectivity index (χ1) is 12.1. The second kappa shape index (κ2) is 7.61. The number of anilines is 1. The molecule has 0 saturated carbocycles. The van der Waals surface area contributed by atoms with Crippen LogP contribution < -0.4 is 10.1 Å². The fourth-order valence-electron chi connectivity index (χ4n) is 2.27. The first-order valence-electron chi connectivity index (χ1n) is 7.96. The van der Waals surface area contributed by atoms with Crippen LogP contribution in [0.3, 0.4) is 0 Å². The molecule has 6 nitrogen and oxygen atoms in total. The van der Waals surface area contributed by atoms with Crippen LogP contribution in [0, 0.1) is 13.8 Å². The van der Waals surface area contributed by atoms with E-state index in [4.69, 9.17) is 9.15 Å². The number of ether oxygens (including phenoxy) is 1. The van der Waals surface area contributed by atoms with Crippen LogP contribution in [0.2, 0.25) is 0 Å². The molecule has 3 rings (SSSR count). The smallest absolute Gasteiger partial charge is 0.262 e. The summed E-state index contributed by atoms with van der Waals surface area (Å²) in [6, 6.07) is 15.1. The highest BCUT2D eigenvalue weighted by Crippen LogP contribution is 2.14. The van der Waals surface area contributed by atoms with Gasteiger partial charge in [0, 0.05) is 12.6 Å². The molecule has 25 heavy (non-hydrogen) atoms. The summed E-state index contributed by atoms with van der Waals surface area (Å²) >= 11 is 0. The minimum Gasteiger partial charge on any atom is -0.484 e. The van der Waals surface area contributed by atoms with Crippen LogP contribution in [0.15, 0.2) is 52.9 Å². The summed E-state index contributed by atoms with van der Waals surface area (Å²) in [6.07, 6.45) is 0.561. The Kier molecular flexibility index (Phi) is 5.09. The lowest BCUT2D eigenvalue weighted by atomic mass is 10.1. The zero-order valence-electron chi connectivity index (χ0n) is 14.2. The number of hydrogen-bond acceptors (Lipinski definition) is 5. The Hall–Kier alpha value is -3.15. The molecule has 0 unspecified atom stereocenters. The zero-order valence-corrected chi connectivity index (χ0v) is 14.2. The predicted octanol–water partition coefficient (Wildman–Crippen LogP) is 3.29. The second-order valence-electron chi connectivity index (χ2n) is 5.74. The Labute approximate surface area is 145 Å². The van der Waals surface area contributed by atoms with Crippen molar-refractivity contribution < 1.29 is 13.9 Å². The standard InChI is InChI=1S/C19H19N3O3/c1-13-3-9-17(10-4-13)24-12-18(23)20-16-7-5-15(6-8-16)11-19-22-21-14(2)25-19/h3-10H,11-12H2,1-2H3,(H,20,23). The van der Waals surface area contributed by atoms with Crippen LogP contribution in [0.5, 0.6) is 5.75 Å². The van der Waals surface area contributed by atoms with Crippen molar-refractivity contribution in [2.24, 2.45) is 0 Å². The van der Waals surface area contributed by atoms with Crippen molar-refractivity contribution in [2.45, 2.75) is 20.3 Å². The summed E-state index contributed by atoms with van der Waals surface area (Å²) in [7, 11) is 0. The van der Waals surface area contributed by atoms with Gasteiger partial charge >= 0.3 is 0 Å². The van der Waals surface area contributed by atoms with Gasteiger partial charge in [-0.1, -0.05) is 29.8 Å². The minimum atomic E-state index is -0.208. The summed E-state index contributed by atoms with van der Waals surface area (Å²) in [6.45, 7) is 3.72. The maximum Gasteiger partial charge on any atom is 0.262 e. The van der Waals surface area contributed by atoms with Crippen molar-refractivity contribution in [1.29, 1.82) is 0 Å². The number of amides is 1. The van der Waals surface area contributed by atoms with E-state index in [9.17, 15) is 4.79 Å². The van der Waals surface area contributed by atoms with Gasteiger partial charge in [0.25, 0.3) is 5.91 Å². The fraction of sp³-hybridized carbons (Fsp3) is 0.211. The number of aryl methyl sites for hydroxylation is 2. The van der Waals surface area contributed by atoms with Gasteiger partial charge in [-0.05, 0) is 36.8 Å². The Morgan fingerprint density at radius 2 is 1.76 bits per heavy atom. The third-order valence-electron chi connectivity index (χ3n) is 3.55. The molecule has 1 amide bonds. The largest absolute Gasteiger partial charge is 0.484 e. The van der Waals surface area contributed by atoms with E-state index in [1.54, 1.807) is 6.92 Å². The summed E-state index contributed by atoms with van der Waals surface area (Å²) < 4.78 is 10.8. The zero-order chi connectivity index (χ0) is 17.6. The maximum atomic E-state index is 12.0. The minimum absolute atomic E-state index is 0.0356. The van der Waals surface area contributed by atoms with Gasteiger partial charge < -0.3 is 14.5 Å². The van der Waals surface area contributed by atoms with Crippen LogP contribution in [0.4, 0.5) is 5.69 Å². The van der Waals surface area contributed by atoms with Gasteiger partial charge in [-0.3, -0.25) is 4.79 Å². The van der Waals surface area contributed by atoms with E-state index in [0.717, 1.165) is 11.1 Å². The monoisotopic (exact) mass is 337 g/mol. The number of rotatable bonds is 6. The molecular formula is C19H19N3O3. The lowest BCUT2D eigenvalue weighted by Gasteiger charge is -2.08. The van der Waals surface area contributed by atoms with Gasteiger partial charge in [0.05, 0.1) is 6.42 Å². The van der Waals surface area contributed by atoms with Crippen LogP contribution in [0.1, 0.15) is 22.9 Å². The van der Waals surface area contributed by atoms with E-state index >= 15 is 0 Å². The first kappa shape index (κ1) is 16.7. The molecule has 0 atom stereocenters. The second-order valence-corrected chi connectivity index (χ2v) is 5.74. The first-order valence-corrected chi connectivity index (χ1v) is 7.96. The molecule has 0 bridgehead atoms. The highest BCUT2D eigenvalue weighted by atomic mass is 16.5. The molecule has 2 aromatic carbocycles. The lowest BCUT2D eigenvalue weighted by Crippen LogP contribution is -2.20. The van der Waals surface area contributed by atoms with Gasteiger partial charge in [0.1, 0.15) is 5.75 Å². The van der Waals surface area contributed by atoms with E-state index in [0.29, 0.717) is 29.6 Å². The fourth-order valence-corrected chi connectivity index (χ4v) is 2.27. The summed E-state index contributed by atoms with van der Waals surface area (Å²) in [5.41, 5.74) is 2.88. The number of hydrogen-bond donors (Lipinski definition) is 1. The van der Waals surface area contributed by atoms with E-state index in [1.807, 2.05) is 55.5 Å². The third kappa shape index (κ3) is 4.91. The molecule has 0 radical (unpaired) electrons. The molecular weight excluding hydrogens is 318 g/mol. The summed E-state index contributed by atoms with van der Waals surface area (Å²) in [5, 5.41) is 10.6. The molecule has 0 aliphatic heterocycles. The Bertz CT molecular complexity index is 839. The molecule has 0 aliphatic rings. The SMILES string of the molecule is Cc1ccc(OCC(=O)Nc2ccc(Cc3nnc(C)o3)cc2)cc1.